The summed E-state index contributed by atoms with van der Waals surface area (Å²) in [5.41, 5.74) is 2.49. The van der Waals surface area contributed by atoms with E-state index in [1.807, 2.05) is 86.0 Å². The summed E-state index contributed by atoms with van der Waals surface area (Å²) in [6.07, 6.45) is 2.02. The van der Waals surface area contributed by atoms with Gasteiger partial charge in [-0.05, 0) is 55.1 Å². The molecule has 3 aromatic carbocycles. The topological polar surface area (TPSA) is 42.4 Å². The summed E-state index contributed by atoms with van der Waals surface area (Å²) in [5, 5.41) is 0.667. The number of rotatable bonds is 7. The molecule has 0 bridgehead atoms. The Bertz CT molecular complexity index is 1140. The molecular weight excluding hydrogens is 412 g/mol. The Morgan fingerprint density at radius 3 is 2.50 bits per heavy atom. The number of carbonyl (C=O) groups excluding carboxylic acids is 1. The summed E-state index contributed by atoms with van der Waals surface area (Å²) < 4.78 is 6.74. The Kier molecular flexibility index (Phi) is 6.35. The molecule has 0 saturated heterocycles. The van der Waals surface area contributed by atoms with Gasteiger partial charge in [0.2, 0.25) is 0 Å². The highest BCUT2D eigenvalue weighted by molar-refractivity contribution is 7.98. The molecule has 6 heteroatoms. The van der Waals surface area contributed by atoms with Crippen molar-refractivity contribution in [1.82, 2.24) is 4.98 Å². The molecule has 0 spiro atoms. The van der Waals surface area contributed by atoms with Crippen LogP contribution in [-0.4, -0.2) is 23.8 Å². The van der Waals surface area contributed by atoms with Gasteiger partial charge in [-0.15, -0.1) is 11.8 Å². The highest BCUT2D eigenvalue weighted by Crippen LogP contribution is 2.35. The number of hydrogen-bond donors (Lipinski definition) is 0. The Morgan fingerprint density at radius 2 is 1.80 bits per heavy atom. The minimum Gasteiger partial charge on any atom is -0.492 e. The Morgan fingerprint density at radius 1 is 1.03 bits per heavy atom. The van der Waals surface area contributed by atoms with Gasteiger partial charge in [0.05, 0.1) is 17.9 Å². The second-order valence-corrected chi connectivity index (χ2v) is 8.53. The first-order valence-electron chi connectivity index (χ1n) is 9.71. The molecule has 152 valence electrons. The zero-order valence-electron chi connectivity index (χ0n) is 16.9. The Labute approximate surface area is 184 Å². The van der Waals surface area contributed by atoms with E-state index in [-0.39, 0.29) is 5.91 Å². The average Bonchev–Trinajstić information content (AvgIpc) is 3.23. The maximum atomic E-state index is 13.5. The first-order chi connectivity index (χ1) is 14.7. The quantitative estimate of drug-likeness (QED) is 0.322. The lowest BCUT2D eigenvalue weighted by Crippen LogP contribution is -2.30. The molecule has 1 heterocycles. The summed E-state index contributed by atoms with van der Waals surface area (Å²) in [7, 11) is 0. The van der Waals surface area contributed by atoms with Crippen LogP contribution < -0.4 is 9.64 Å². The molecule has 0 aliphatic heterocycles. The van der Waals surface area contributed by atoms with E-state index < -0.39 is 0 Å². The predicted octanol–water partition coefficient (Wildman–Crippen LogP) is 6.26. The molecule has 0 saturated carbocycles. The van der Waals surface area contributed by atoms with Crippen LogP contribution in [0.5, 0.6) is 5.75 Å². The molecule has 4 rings (SSSR count). The van der Waals surface area contributed by atoms with Crippen molar-refractivity contribution in [1.29, 1.82) is 0 Å². The third-order valence-corrected chi connectivity index (χ3v) is 6.45. The van der Waals surface area contributed by atoms with Crippen molar-refractivity contribution >= 4 is 44.4 Å². The number of thioether (sulfide) groups is 1. The molecule has 4 aromatic rings. The number of thiazole rings is 1. The molecule has 0 unspecified atom stereocenters. The molecule has 0 radical (unpaired) electrons. The first kappa shape index (κ1) is 20.4. The Hall–Kier alpha value is -2.83. The fourth-order valence-corrected chi connectivity index (χ4v) is 4.57. The predicted molar refractivity (Wildman–Crippen MR) is 126 cm³/mol. The van der Waals surface area contributed by atoms with Gasteiger partial charge in [0, 0.05) is 10.5 Å². The van der Waals surface area contributed by atoms with Gasteiger partial charge >= 0.3 is 0 Å². The number of aromatic nitrogens is 1. The number of amides is 1. The van der Waals surface area contributed by atoms with Crippen molar-refractivity contribution in [2.45, 2.75) is 18.4 Å². The highest BCUT2D eigenvalue weighted by atomic mass is 32.2. The second kappa shape index (κ2) is 9.32. The van der Waals surface area contributed by atoms with Gasteiger partial charge in [-0.25, -0.2) is 4.98 Å². The molecule has 0 aliphatic rings. The lowest BCUT2D eigenvalue weighted by molar-refractivity contribution is 0.0985. The normalized spacial score (nSPS) is 10.9. The molecule has 1 aromatic heterocycles. The van der Waals surface area contributed by atoms with Crippen molar-refractivity contribution < 1.29 is 9.53 Å². The number of anilines is 1. The fraction of sp³-hybridized carbons (Fsp3) is 0.167. The van der Waals surface area contributed by atoms with Crippen LogP contribution in [0.2, 0.25) is 0 Å². The second-order valence-electron chi connectivity index (χ2n) is 6.64. The molecule has 4 nitrogen and oxygen atoms in total. The first-order valence-corrected chi connectivity index (χ1v) is 11.8. The van der Waals surface area contributed by atoms with E-state index in [0.29, 0.717) is 23.8 Å². The van der Waals surface area contributed by atoms with Crippen molar-refractivity contribution in [3.8, 4) is 5.75 Å². The number of hydrogen-bond acceptors (Lipinski definition) is 5. The SMILES string of the molecule is CCOc1cccc2sc(N(Cc3ccccc3)C(=O)c3ccc(SC)cc3)nc12. The monoisotopic (exact) mass is 434 g/mol. The van der Waals surface area contributed by atoms with Crippen LogP contribution in [0.15, 0.2) is 77.7 Å². The average molecular weight is 435 g/mol. The van der Waals surface area contributed by atoms with Gasteiger partial charge in [0.1, 0.15) is 11.3 Å². The molecular formula is C24H22N2O2S2. The van der Waals surface area contributed by atoms with E-state index in [9.17, 15) is 4.79 Å². The van der Waals surface area contributed by atoms with Gasteiger partial charge in [0.25, 0.3) is 5.91 Å². The number of ether oxygens (including phenoxy) is 1. The van der Waals surface area contributed by atoms with Gasteiger partial charge < -0.3 is 4.74 Å². The molecule has 0 N–H and O–H groups in total. The minimum atomic E-state index is -0.0662. The van der Waals surface area contributed by atoms with Crippen LogP contribution in [0.25, 0.3) is 10.2 Å². The van der Waals surface area contributed by atoms with Crippen LogP contribution >= 0.6 is 23.1 Å². The lowest BCUT2D eigenvalue weighted by Gasteiger charge is -2.20. The maximum absolute atomic E-state index is 13.5. The number of para-hydroxylation sites is 1. The summed E-state index contributed by atoms with van der Waals surface area (Å²) in [5.74, 6) is 0.678. The van der Waals surface area contributed by atoms with E-state index >= 15 is 0 Å². The Balaban J connectivity index is 1.75. The third kappa shape index (κ3) is 4.35. The van der Waals surface area contributed by atoms with E-state index in [0.717, 1.165) is 26.4 Å². The van der Waals surface area contributed by atoms with E-state index in [1.165, 1.54) is 11.3 Å². The molecule has 30 heavy (non-hydrogen) atoms. The minimum absolute atomic E-state index is 0.0662. The van der Waals surface area contributed by atoms with Crippen molar-refractivity contribution in [3.05, 3.63) is 83.9 Å². The van der Waals surface area contributed by atoms with Gasteiger partial charge in [-0.3, -0.25) is 9.69 Å². The fourth-order valence-electron chi connectivity index (χ4n) is 3.18. The summed E-state index contributed by atoms with van der Waals surface area (Å²) >= 11 is 3.16. The maximum Gasteiger partial charge on any atom is 0.260 e. The smallest absolute Gasteiger partial charge is 0.260 e. The summed E-state index contributed by atoms with van der Waals surface area (Å²) in [4.78, 5) is 21.2. The van der Waals surface area contributed by atoms with Gasteiger partial charge in [0.15, 0.2) is 5.13 Å². The molecule has 0 aliphatic carbocycles. The number of benzene rings is 3. The molecule has 0 atom stereocenters. The number of fused-ring (bicyclic) bond motifs is 1. The van der Waals surface area contributed by atoms with Crippen molar-refractivity contribution in [3.63, 3.8) is 0 Å². The van der Waals surface area contributed by atoms with Crippen molar-refractivity contribution in [2.24, 2.45) is 0 Å². The van der Waals surface area contributed by atoms with Crippen LogP contribution in [0.1, 0.15) is 22.8 Å². The highest BCUT2D eigenvalue weighted by Gasteiger charge is 2.22. The summed E-state index contributed by atoms with van der Waals surface area (Å²) in [6.45, 7) is 2.98. The van der Waals surface area contributed by atoms with Crippen molar-refractivity contribution in [2.75, 3.05) is 17.8 Å². The zero-order valence-corrected chi connectivity index (χ0v) is 18.5. The third-order valence-electron chi connectivity index (χ3n) is 4.67. The molecule has 1 amide bonds. The van der Waals surface area contributed by atoms with E-state index in [1.54, 1.807) is 16.7 Å². The van der Waals surface area contributed by atoms with Crippen LogP contribution in [0.3, 0.4) is 0 Å². The van der Waals surface area contributed by atoms with Crippen LogP contribution in [0, 0.1) is 0 Å². The van der Waals surface area contributed by atoms with E-state index in [2.05, 4.69) is 0 Å². The van der Waals surface area contributed by atoms with Gasteiger partial charge in [-0.2, -0.15) is 0 Å². The molecule has 0 fully saturated rings. The summed E-state index contributed by atoms with van der Waals surface area (Å²) in [6, 6.07) is 23.6. The van der Waals surface area contributed by atoms with Gasteiger partial charge in [-0.1, -0.05) is 47.7 Å². The van der Waals surface area contributed by atoms with Crippen LogP contribution in [0.4, 0.5) is 5.13 Å². The van der Waals surface area contributed by atoms with E-state index in [4.69, 9.17) is 9.72 Å². The largest absolute Gasteiger partial charge is 0.492 e. The number of nitrogens with zero attached hydrogens (tertiary/aromatic N) is 2. The standard InChI is InChI=1S/C24H22N2O2S2/c1-3-28-20-10-7-11-21-22(20)25-24(30-21)26(16-17-8-5-4-6-9-17)23(27)18-12-14-19(29-2)15-13-18/h4-15H,3,16H2,1-2H3. The zero-order chi connectivity index (χ0) is 20.9. The lowest BCUT2D eigenvalue weighted by atomic mass is 10.1. The number of carbonyl (C=O) groups is 1. The van der Waals surface area contributed by atoms with Crippen LogP contribution in [-0.2, 0) is 6.54 Å².